The molecule has 1 aliphatic heterocycles. The molecule has 0 spiro atoms. The van der Waals surface area contributed by atoms with E-state index >= 15 is 0 Å². The van der Waals surface area contributed by atoms with E-state index in [-0.39, 0.29) is 4.90 Å². The zero-order chi connectivity index (χ0) is 14.0. The summed E-state index contributed by atoms with van der Waals surface area (Å²) in [6.07, 6.45) is 0.927. The van der Waals surface area contributed by atoms with Crippen molar-refractivity contribution in [2.75, 3.05) is 11.3 Å². The monoisotopic (exact) mass is 288 g/mol. The Bertz CT molecular complexity index is 712. The minimum absolute atomic E-state index is 0.277. The van der Waals surface area contributed by atoms with Crippen molar-refractivity contribution >= 4 is 15.7 Å². The van der Waals surface area contributed by atoms with Crippen molar-refractivity contribution in [2.24, 2.45) is 0 Å². The van der Waals surface area contributed by atoms with Crippen LogP contribution in [0.15, 0.2) is 53.4 Å². The Balaban J connectivity index is 1.88. The Morgan fingerprint density at radius 2 is 1.80 bits per heavy atom. The van der Waals surface area contributed by atoms with E-state index in [1.807, 2.05) is 18.2 Å². The second-order valence-electron chi connectivity index (χ2n) is 4.83. The molecule has 0 atom stereocenters. The number of rotatable bonds is 3. The molecule has 2 aromatic rings. The zero-order valence-corrected chi connectivity index (χ0v) is 11.8. The third kappa shape index (κ3) is 2.69. The first-order chi connectivity index (χ1) is 9.65. The normalized spacial score (nSPS) is 14.6. The molecule has 0 saturated heterocycles. The first-order valence-corrected chi connectivity index (χ1v) is 8.04. The Hall–Kier alpha value is -1.85. The molecule has 3 rings (SSSR count). The largest absolute Gasteiger partial charge is 0.312 e. The summed E-state index contributed by atoms with van der Waals surface area (Å²) >= 11 is 0. The van der Waals surface area contributed by atoms with Gasteiger partial charge in [0, 0.05) is 12.2 Å². The molecule has 1 heterocycles. The second-order valence-corrected chi connectivity index (χ2v) is 6.51. The molecule has 0 fully saturated rings. The van der Waals surface area contributed by atoms with Crippen LogP contribution >= 0.6 is 0 Å². The van der Waals surface area contributed by atoms with Gasteiger partial charge in [-0.2, -0.15) is 0 Å². The number of nitrogens with one attached hydrogen (secondary N) is 2. The van der Waals surface area contributed by atoms with E-state index < -0.39 is 10.0 Å². The van der Waals surface area contributed by atoms with E-state index in [9.17, 15) is 8.42 Å². The summed E-state index contributed by atoms with van der Waals surface area (Å²) in [7, 11) is -3.51. The summed E-state index contributed by atoms with van der Waals surface area (Å²) in [5, 5.41) is 3.30. The highest BCUT2D eigenvalue weighted by Crippen LogP contribution is 2.21. The first-order valence-electron chi connectivity index (χ1n) is 6.55. The molecule has 0 radical (unpaired) electrons. The van der Waals surface area contributed by atoms with Crippen molar-refractivity contribution in [3.63, 3.8) is 0 Å². The fourth-order valence-corrected chi connectivity index (χ4v) is 3.42. The third-order valence-electron chi connectivity index (χ3n) is 3.40. The number of sulfonamides is 1. The molecule has 0 bridgehead atoms. The Labute approximate surface area is 118 Å². The summed E-state index contributed by atoms with van der Waals surface area (Å²) in [6, 6.07) is 14.1. The molecule has 20 heavy (non-hydrogen) atoms. The molecule has 2 N–H and O–H groups in total. The van der Waals surface area contributed by atoms with Crippen LogP contribution in [0.5, 0.6) is 0 Å². The number of hydrogen-bond acceptors (Lipinski definition) is 3. The fraction of sp³-hybridized carbons (Fsp3) is 0.200. The van der Waals surface area contributed by atoms with Gasteiger partial charge in [-0.05, 0) is 48.4 Å². The van der Waals surface area contributed by atoms with Crippen molar-refractivity contribution < 1.29 is 8.42 Å². The van der Waals surface area contributed by atoms with E-state index in [0.717, 1.165) is 19.5 Å². The molecule has 104 valence electrons. The average Bonchev–Trinajstić information content (AvgIpc) is 2.48. The summed E-state index contributed by atoms with van der Waals surface area (Å²) in [4.78, 5) is 0.277. The predicted molar refractivity (Wildman–Crippen MR) is 79.1 cm³/mol. The maximum Gasteiger partial charge on any atom is 0.261 e. The van der Waals surface area contributed by atoms with Crippen LogP contribution in [-0.4, -0.2) is 15.0 Å². The molecule has 2 aromatic carbocycles. The molecule has 0 unspecified atom stereocenters. The second kappa shape index (κ2) is 5.26. The number of fused-ring (bicyclic) bond motifs is 1. The third-order valence-corrected chi connectivity index (χ3v) is 4.80. The van der Waals surface area contributed by atoms with Gasteiger partial charge in [-0.3, -0.25) is 4.72 Å². The van der Waals surface area contributed by atoms with Crippen molar-refractivity contribution in [3.8, 4) is 0 Å². The first kappa shape index (κ1) is 13.1. The molecule has 4 nitrogen and oxygen atoms in total. The number of benzene rings is 2. The van der Waals surface area contributed by atoms with Crippen LogP contribution < -0.4 is 10.0 Å². The zero-order valence-electron chi connectivity index (χ0n) is 11.0. The van der Waals surface area contributed by atoms with Crippen LogP contribution in [0.3, 0.4) is 0 Å². The van der Waals surface area contributed by atoms with E-state index in [4.69, 9.17) is 0 Å². The molecular weight excluding hydrogens is 272 g/mol. The molecule has 0 amide bonds. The minimum atomic E-state index is -3.51. The quantitative estimate of drug-likeness (QED) is 0.909. The van der Waals surface area contributed by atoms with Crippen LogP contribution in [0.4, 0.5) is 5.69 Å². The molecule has 0 saturated carbocycles. The standard InChI is InChI=1S/C15H16N2O2S/c18-20(19,15-4-2-1-3-5-15)17-14-7-6-13-11-16-9-8-12(13)10-14/h1-7,10,16-17H,8-9,11H2. The van der Waals surface area contributed by atoms with Crippen molar-refractivity contribution in [1.82, 2.24) is 5.32 Å². The van der Waals surface area contributed by atoms with Gasteiger partial charge in [-0.1, -0.05) is 24.3 Å². The van der Waals surface area contributed by atoms with E-state index in [1.54, 1.807) is 30.3 Å². The maximum absolute atomic E-state index is 12.2. The summed E-state index contributed by atoms with van der Waals surface area (Å²) in [5.74, 6) is 0. The van der Waals surface area contributed by atoms with Crippen molar-refractivity contribution in [1.29, 1.82) is 0 Å². The van der Waals surface area contributed by atoms with E-state index in [2.05, 4.69) is 10.0 Å². The number of hydrogen-bond donors (Lipinski definition) is 2. The summed E-state index contributed by atoms with van der Waals surface area (Å²) in [6.45, 7) is 1.78. The highest BCUT2D eigenvalue weighted by Gasteiger charge is 2.15. The van der Waals surface area contributed by atoms with Crippen molar-refractivity contribution in [3.05, 3.63) is 59.7 Å². The smallest absolute Gasteiger partial charge is 0.261 e. The van der Waals surface area contributed by atoms with E-state index in [1.165, 1.54) is 11.1 Å². The van der Waals surface area contributed by atoms with E-state index in [0.29, 0.717) is 5.69 Å². The van der Waals surface area contributed by atoms with Gasteiger partial charge < -0.3 is 5.32 Å². The van der Waals surface area contributed by atoms with Gasteiger partial charge in [0.25, 0.3) is 10.0 Å². The summed E-state index contributed by atoms with van der Waals surface area (Å²) in [5.41, 5.74) is 3.06. The van der Waals surface area contributed by atoms with Gasteiger partial charge >= 0.3 is 0 Å². The topological polar surface area (TPSA) is 58.2 Å². The lowest BCUT2D eigenvalue weighted by Crippen LogP contribution is -2.23. The average molecular weight is 288 g/mol. The van der Waals surface area contributed by atoms with Gasteiger partial charge in [0.1, 0.15) is 0 Å². The van der Waals surface area contributed by atoms with Crippen LogP contribution in [0.2, 0.25) is 0 Å². The van der Waals surface area contributed by atoms with Gasteiger partial charge in [0.05, 0.1) is 4.90 Å². The Morgan fingerprint density at radius 3 is 2.60 bits per heavy atom. The van der Waals surface area contributed by atoms with Crippen molar-refractivity contribution in [2.45, 2.75) is 17.9 Å². The lowest BCUT2D eigenvalue weighted by atomic mass is 10.0. The van der Waals surface area contributed by atoms with Gasteiger partial charge in [0.15, 0.2) is 0 Å². The van der Waals surface area contributed by atoms with Gasteiger partial charge in [-0.15, -0.1) is 0 Å². The lowest BCUT2D eigenvalue weighted by molar-refractivity contribution is 0.601. The van der Waals surface area contributed by atoms with Crippen LogP contribution in [0, 0.1) is 0 Å². The van der Waals surface area contributed by atoms with Crippen LogP contribution in [0.25, 0.3) is 0 Å². The predicted octanol–water partition coefficient (Wildman–Crippen LogP) is 2.13. The SMILES string of the molecule is O=S(=O)(Nc1ccc2c(c1)CCNC2)c1ccccc1. The van der Waals surface area contributed by atoms with Gasteiger partial charge in [0.2, 0.25) is 0 Å². The van der Waals surface area contributed by atoms with Gasteiger partial charge in [-0.25, -0.2) is 8.42 Å². The molecule has 0 aliphatic carbocycles. The number of anilines is 1. The minimum Gasteiger partial charge on any atom is -0.312 e. The van der Waals surface area contributed by atoms with Crippen LogP contribution in [0.1, 0.15) is 11.1 Å². The lowest BCUT2D eigenvalue weighted by Gasteiger charge is -2.18. The highest BCUT2D eigenvalue weighted by molar-refractivity contribution is 7.92. The highest BCUT2D eigenvalue weighted by atomic mass is 32.2. The Morgan fingerprint density at radius 1 is 1.00 bits per heavy atom. The summed E-state index contributed by atoms with van der Waals surface area (Å²) < 4.78 is 27.1. The molecule has 5 heteroatoms. The fourth-order valence-electron chi connectivity index (χ4n) is 2.35. The molecule has 0 aromatic heterocycles. The van der Waals surface area contributed by atoms with Crippen LogP contribution in [-0.2, 0) is 23.0 Å². The molecular formula is C15H16N2O2S. The molecule has 1 aliphatic rings. The Kier molecular flexibility index (Phi) is 3.46. The maximum atomic E-state index is 12.2.